The van der Waals surface area contributed by atoms with E-state index in [1.54, 1.807) is 6.20 Å². The van der Waals surface area contributed by atoms with Crippen LogP contribution in [0.3, 0.4) is 0 Å². The first-order valence-corrected chi connectivity index (χ1v) is 2.49. The lowest BCUT2D eigenvalue weighted by atomic mass is 10.7. The van der Waals surface area contributed by atoms with Gasteiger partial charge in [0.25, 0.3) is 0 Å². The zero-order chi connectivity index (χ0) is 6.41. The molecule has 0 radical (unpaired) electrons. The van der Waals surface area contributed by atoms with Gasteiger partial charge in [0, 0.05) is 26.5 Å². The number of nitrogens with one attached hydrogen (secondary N) is 1. The molecule has 0 fully saturated rings. The van der Waals surface area contributed by atoms with Crippen LogP contribution in [-0.4, -0.2) is 19.0 Å². The van der Waals surface area contributed by atoms with Crippen molar-refractivity contribution in [3.63, 3.8) is 0 Å². The number of hydrogen-bond donors (Lipinski definition) is 1. The molecular weight excluding hydrogens is 100 g/mol. The monoisotopic (exact) mass is 112 g/mol. The van der Waals surface area contributed by atoms with Gasteiger partial charge in [-0.3, -0.25) is 0 Å². The van der Waals surface area contributed by atoms with E-state index in [1.165, 1.54) is 0 Å². The van der Waals surface area contributed by atoms with Gasteiger partial charge in [0.1, 0.15) is 0 Å². The molecule has 0 aromatic heterocycles. The summed E-state index contributed by atoms with van der Waals surface area (Å²) >= 11 is 0. The average molecular weight is 112 g/mol. The molecule has 0 unspecified atom stereocenters. The molecule has 1 N–H and O–H groups in total. The minimum absolute atomic E-state index is 1.73. The first kappa shape index (κ1) is 7.08. The Bertz CT molecular complexity index is 86.5. The third-order valence-electron chi connectivity index (χ3n) is 0.764. The van der Waals surface area contributed by atoms with Crippen molar-refractivity contribution in [1.29, 1.82) is 0 Å². The van der Waals surface area contributed by atoms with Crippen LogP contribution in [0.15, 0.2) is 25.2 Å². The molecule has 2 nitrogen and oxygen atoms in total. The van der Waals surface area contributed by atoms with Crippen LogP contribution in [-0.2, 0) is 0 Å². The van der Waals surface area contributed by atoms with Gasteiger partial charge < -0.3 is 10.2 Å². The maximum Gasteiger partial charge on any atom is 0.0188 e. The molecule has 0 aliphatic heterocycles. The van der Waals surface area contributed by atoms with E-state index in [-0.39, 0.29) is 0 Å². The molecule has 0 atom stereocenters. The highest BCUT2D eigenvalue weighted by molar-refractivity contribution is 4.82. The van der Waals surface area contributed by atoms with E-state index in [9.17, 15) is 0 Å². The Kier molecular flexibility index (Phi) is 3.76. The predicted molar refractivity (Wildman–Crippen MR) is 36.2 cm³/mol. The van der Waals surface area contributed by atoms with Crippen molar-refractivity contribution >= 4 is 0 Å². The smallest absolute Gasteiger partial charge is 0.0188 e. The molecule has 0 saturated carbocycles. The van der Waals surface area contributed by atoms with Crippen LogP contribution in [0.5, 0.6) is 0 Å². The zero-order valence-corrected chi connectivity index (χ0v) is 5.39. The van der Waals surface area contributed by atoms with Crippen molar-refractivity contribution in [2.75, 3.05) is 14.1 Å². The van der Waals surface area contributed by atoms with Crippen LogP contribution < -0.4 is 5.32 Å². The van der Waals surface area contributed by atoms with Crippen LogP contribution in [0.25, 0.3) is 0 Å². The molecule has 0 aliphatic rings. The van der Waals surface area contributed by atoms with Gasteiger partial charge in [-0.15, -0.1) is 0 Å². The summed E-state index contributed by atoms with van der Waals surface area (Å²) < 4.78 is 0. The van der Waals surface area contributed by atoms with Gasteiger partial charge in [-0.05, 0) is 6.20 Å². The first-order chi connectivity index (χ1) is 3.81. The fraction of sp³-hybridized carbons (Fsp3) is 0.333. The summed E-state index contributed by atoms with van der Waals surface area (Å²) in [5, 5.41) is 2.86. The standard InChI is InChI=1S/C6H12N2/c1-4-8(3)6-5-7-2/h4-7H,1H2,2-3H3. The lowest BCUT2D eigenvalue weighted by Crippen LogP contribution is -2.02. The Morgan fingerprint density at radius 1 is 1.62 bits per heavy atom. The second kappa shape index (κ2) is 4.24. The highest BCUT2D eigenvalue weighted by Gasteiger charge is 1.73. The molecule has 46 valence electrons. The van der Waals surface area contributed by atoms with Crippen LogP contribution in [0.4, 0.5) is 0 Å². The third kappa shape index (κ3) is 3.28. The molecule has 0 aliphatic carbocycles. The van der Waals surface area contributed by atoms with Gasteiger partial charge in [-0.2, -0.15) is 0 Å². The highest BCUT2D eigenvalue weighted by Crippen LogP contribution is 1.79. The Labute approximate surface area is 50.5 Å². The molecule has 0 bridgehead atoms. The molecule has 0 aromatic rings. The molecule has 0 amide bonds. The zero-order valence-electron chi connectivity index (χ0n) is 5.39. The summed E-state index contributed by atoms with van der Waals surface area (Å²) in [6.07, 6.45) is 5.45. The molecule has 0 spiro atoms. The molecular formula is C6H12N2. The van der Waals surface area contributed by atoms with Crippen molar-refractivity contribution in [3.8, 4) is 0 Å². The molecule has 8 heavy (non-hydrogen) atoms. The van der Waals surface area contributed by atoms with Crippen LogP contribution in [0.2, 0.25) is 0 Å². The minimum atomic E-state index is 1.73. The summed E-state index contributed by atoms with van der Waals surface area (Å²) in [5.41, 5.74) is 0. The first-order valence-electron chi connectivity index (χ1n) is 2.49. The highest BCUT2D eigenvalue weighted by atomic mass is 15.1. The lowest BCUT2D eigenvalue weighted by molar-refractivity contribution is 0.623. The largest absolute Gasteiger partial charge is 0.393 e. The van der Waals surface area contributed by atoms with Crippen molar-refractivity contribution < 1.29 is 0 Å². The van der Waals surface area contributed by atoms with Crippen LogP contribution in [0, 0.1) is 0 Å². The van der Waals surface area contributed by atoms with Crippen molar-refractivity contribution in [2.45, 2.75) is 0 Å². The van der Waals surface area contributed by atoms with Crippen molar-refractivity contribution in [3.05, 3.63) is 25.2 Å². The molecule has 0 heterocycles. The predicted octanol–water partition coefficient (Wildman–Crippen LogP) is 0.752. The quantitative estimate of drug-likeness (QED) is 0.579. The Balaban J connectivity index is 3.35. The summed E-state index contributed by atoms with van der Waals surface area (Å²) in [6, 6.07) is 0. The van der Waals surface area contributed by atoms with E-state index in [0.717, 1.165) is 0 Å². The summed E-state index contributed by atoms with van der Waals surface area (Å²) in [4.78, 5) is 1.86. The maximum atomic E-state index is 3.56. The van der Waals surface area contributed by atoms with Crippen molar-refractivity contribution in [1.82, 2.24) is 10.2 Å². The van der Waals surface area contributed by atoms with E-state index in [4.69, 9.17) is 0 Å². The van der Waals surface area contributed by atoms with E-state index < -0.39 is 0 Å². The average Bonchev–Trinajstić information content (AvgIpc) is 1.83. The molecule has 2 heteroatoms. The fourth-order valence-corrected chi connectivity index (χ4v) is 0.253. The number of nitrogens with zero attached hydrogens (tertiary/aromatic N) is 1. The van der Waals surface area contributed by atoms with Crippen LogP contribution >= 0.6 is 0 Å². The normalized spacial score (nSPS) is 9.25. The fourth-order valence-electron chi connectivity index (χ4n) is 0.253. The van der Waals surface area contributed by atoms with Gasteiger partial charge >= 0.3 is 0 Å². The van der Waals surface area contributed by atoms with Gasteiger partial charge in [0.2, 0.25) is 0 Å². The minimum Gasteiger partial charge on any atom is -0.393 e. The van der Waals surface area contributed by atoms with Crippen LogP contribution in [0.1, 0.15) is 0 Å². The SMILES string of the molecule is C=CN(C)C=CNC. The second-order valence-electron chi connectivity index (χ2n) is 1.45. The van der Waals surface area contributed by atoms with E-state index in [2.05, 4.69) is 11.9 Å². The number of hydrogen-bond acceptors (Lipinski definition) is 2. The second-order valence-corrected chi connectivity index (χ2v) is 1.45. The Morgan fingerprint density at radius 2 is 2.25 bits per heavy atom. The van der Waals surface area contributed by atoms with Gasteiger partial charge in [-0.1, -0.05) is 6.58 Å². The van der Waals surface area contributed by atoms with Gasteiger partial charge in [0.15, 0.2) is 0 Å². The summed E-state index contributed by atoms with van der Waals surface area (Å²) in [6.45, 7) is 3.56. The molecule has 0 rings (SSSR count). The Morgan fingerprint density at radius 3 is 2.62 bits per heavy atom. The van der Waals surface area contributed by atoms with E-state index in [1.807, 2.05) is 31.4 Å². The maximum absolute atomic E-state index is 3.56. The third-order valence-corrected chi connectivity index (χ3v) is 0.764. The van der Waals surface area contributed by atoms with Crippen molar-refractivity contribution in [2.24, 2.45) is 0 Å². The van der Waals surface area contributed by atoms with Gasteiger partial charge in [0.05, 0.1) is 0 Å². The van der Waals surface area contributed by atoms with E-state index >= 15 is 0 Å². The molecule has 0 aromatic carbocycles. The summed E-state index contributed by atoms with van der Waals surface area (Å²) in [7, 11) is 3.77. The number of rotatable bonds is 3. The lowest BCUT2D eigenvalue weighted by Gasteiger charge is -2.03. The molecule has 0 saturated heterocycles. The van der Waals surface area contributed by atoms with E-state index in [0.29, 0.717) is 0 Å². The topological polar surface area (TPSA) is 15.3 Å². The summed E-state index contributed by atoms with van der Waals surface area (Å²) in [5.74, 6) is 0. The van der Waals surface area contributed by atoms with Gasteiger partial charge in [-0.25, -0.2) is 0 Å². The Hall–Kier alpha value is -0.920.